The molecule has 20 heavy (non-hydrogen) atoms. The molecule has 108 valence electrons. The summed E-state index contributed by atoms with van der Waals surface area (Å²) in [4.78, 5) is 23.3. The number of hydrogen-bond acceptors (Lipinski definition) is 5. The van der Waals surface area contributed by atoms with Gasteiger partial charge in [-0.1, -0.05) is 0 Å². The predicted octanol–water partition coefficient (Wildman–Crippen LogP) is 2.01. The van der Waals surface area contributed by atoms with Crippen LogP contribution in [0.15, 0.2) is 16.2 Å². The van der Waals surface area contributed by atoms with Crippen LogP contribution in [-0.4, -0.2) is 20.5 Å². The molecule has 0 aromatic carbocycles. The topological polar surface area (TPSA) is 70.7 Å². The number of nitrogens with one attached hydrogen (secondary N) is 2. The Morgan fingerprint density at radius 3 is 2.70 bits per heavy atom. The Kier molecular flexibility index (Phi) is 4.35. The molecule has 2 heterocycles. The van der Waals surface area contributed by atoms with E-state index < -0.39 is 0 Å². The van der Waals surface area contributed by atoms with Crippen LogP contribution in [0.5, 0.6) is 0 Å². The Bertz CT molecular complexity index is 639. The molecule has 0 aliphatic heterocycles. The normalized spacial score (nSPS) is 11.8. The van der Waals surface area contributed by atoms with Gasteiger partial charge in [0.05, 0.1) is 12.1 Å². The average molecular weight is 292 g/mol. The van der Waals surface area contributed by atoms with E-state index >= 15 is 0 Å². The quantitative estimate of drug-likeness (QED) is 0.904. The van der Waals surface area contributed by atoms with E-state index in [2.05, 4.69) is 41.0 Å². The SMILES string of the molecule is Cc1csc(Cc2nc(CNC(C)(C)C)cc(=O)[nH]2)n1. The molecule has 0 saturated carbocycles. The molecule has 0 unspecified atom stereocenters. The lowest BCUT2D eigenvalue weighted by molar-refractivity contribution is 0.420. The van der Waals surface area contributed by atoms with Gasteiger partial charge in [-0.05, 0) is 27.7 Å². The summed E-state index contributed by atoms with van der Waals surface area (Å²) in [6.45, 7) is 8.79. The molecule has 2 rings (SSSR count). The minimum atomic E-state index is -0.117. The van der Waals surface area contributed by atoms with E-state index in [0.29, 0.717) is 18.8 Å². The number of aryl methyl sites for hydroxylation is 1. The van der Waals surface area contributed by atoms with Crippen molar-refractivity contribution in [1.29, 1.82) is 0 Å². The number of hydrogen-bond donors (Lipinski definition) is 2. The number of aromatic nitrogens is 3. The van der Waals surface area contributed by atoms with Crippen molar-refractivity contribution in [3.05, 3.63) is 44.0 Å². The van der Waals surface area contributed by atoms with Crippen LogP contribution in [0.1, 0.15) is 43.0 Å². The predicted molar refractivity (Wildman–Crippen MR) is 81.1 cm³/mol. The zero-order valence-corrected chi connectivity index (χ0v) is 13.1. The van der Waals surface area contributed by atoms with Crippen LogP contribution in [0, 0.1) is 6.92 Å². The van der Waals surface area contributed by atoms with Crippen molar-refractivity contribution in [1.82, 2.24) is 20.3 Å². The molecule has 2 aromatic rings. The Hall–Kier alpha value is -1.53. The number of aromatic amines is 1. The number of nitrogens with zero attached hydrogens (tertiary/aromatic N) is 2. The number of thiazole rings is 1. The first-order valence-corrected chi connectivity index (χ1v) is 7.45. The summed E-state index contributed by atoms with van der Waals surface area (Å²) in [6, 6.07) is 1.54. The Morgan fingerprint density at radius 2 is 2.10 bits per heavy atom. The molecule has 0 aliphatic carbocycles. The molecule has 0 aliphatic rings. The molecule has 5 nitrogen and oxygen atoms in total. The summed E-state index contributed by atoms with van der Waals surface area (Å²) < 4.78 is 0. The third-order valence-electron chi connectivity index (χ3n) is 2.63. The lowest BCUT2D eigenvalue weighted by atomic mass is 10.1. The molecule has 6 heteroatoms. The van der Waals surface area contributed by atoms with Crippen LogP contribution in [0.25, 0.3) is 0 Å². The zero-order chi connectivity index (χ0) is 14.8. The monoisotopic (exact) mass is 292 g/mol. The zero-order valence-electron chi connectivity index (χ0n) is 12.3. The largest absolute Gasteiger partial charge is 0.310 e. The third-order valence-corrected chi connectivity index (χ3v) is 3.60. The van der Waals surface area contributed by atoms with E-state index in [4.69, 9.17) is 0 Å². The van der Waals surface area contributed by atoms with E-state index in [-0.39, 0.29) is 11.1 Å². The van der Waals surface area contributed by atoms with Crippen molar-refractivity contribution < 1.29 is 0 Å². The van der Waals surface area contributed by atoms with Gasteiger partial charge in [-0.3, -0.25) is 4.79 Å². The molecule has 2 N–H and O–H groups in total. The second kappa shape index (κ2) is 5.85. The Balaban J connectivity index is 2.14. The van der Waals surface area contributed by atoms with Crippen LogP contribution in [0.3, 0.4) is 0 Å². The van der Waals surface area contributed by atoms with E-state index in [1.54, 1.807) is 11.3 Å². The van der Waals surface area contributed by atoms with Gasteiger partial charge >= 0.3 is 0 Å². The maximum Gasteiger partial charge on any atom is 0.251 e. The van der Waals surface area contributed by atoms with Gasteiger partial charge in [-0.25, -0.2) is 9.97 Å². The fraction of sp³-hybridized carbons (Fsp3) is 0.500. The minimum Gasteiger partial charge on any atom is -0.310 e. The van der Waals surface area contributed by atoms with E-state index in [1.807, 2.05) is 12.3 Å². The standard InChI is InChI=1S/C14H20N4OS/c1-9-8-20-13(16-9)6-11-17-10(5-12(19)18-11)7-15-14(2,3)4/h5,8,15H,6-7H2,1-4H3,(H,17,18,19). The first-order valence-electron chi connectivity index (χ1n) is 6.57. The smallest absolute Gasteiger partial charge is 0.251 e. The lowest BCUT2D eigenvalue weighted by Gasteiger charge is -2.20. The average Bonchev–Trinajstić information content (AvgIpc) is 2.70. The Morgan fingerprint density at radius 1 is 1.35 bits per heavy atom. The highest BCUT2D eigenvalue weighted by Gasteiger charge is 2.10. The molecule has 0 saturated heterocycles. The number of rotatable bonds is 4. The van der Waals surface area contributed by atoms with Gasteiger partial charge in [0.25, 0.3) is 5.56 Å². The van der Waals surface area contributed by atoms with Crippen molar-refractivity contribution in [2.24, 2.45) is 0 Å². The van der Waals surface area contributed by atoms with E-state index in [1.165, 1.54) is 6.07 Å². The molecular formula is C14H20N4OS. The van der Waals surface area contributed by atoms with Crippen LogP contribution in [-0.2, 0) is 13.0 Å². The van der Waals surface area contributed by atoms with Crippen molar-refractivity contribution in [3.8, 4) is 0 Å². The van der Waals surface area contributed by atoms with Crippen molar-refractivity contribution >= 4 is 11.3 Å². The molecule has 0 radical (unpaired) electrons. The van der Waals surface area contributed by atoms with Gasteiger partial charge < -0.3 is 10.3 Å². The van der Waals surface area contributed by atoms with Crippen LogP contribution >= 0.6 is 11.3 Å². The first kappa shape index (κ1) is 14.9. The maximum absolute atomic E-state index is 11.7. The summed E-state index contributed by atoms with van der Waals surface area (Å²) >= 11 is 1.58. The van der Waals surface area contributed by atoms with Crippen LogP contribution in [0.2, 0.25) is 0 Å². The molecule has 0 atom stereocenters. The number of H-pyrrole nitrogens is 1. The maximum atomic E-state index is 11.7. The van der Waals surface area contributed by atoms with Crippen LogP contribution in [0.4, 0.5) is 0 Å². The second-order valence-electron chi connectivity index (χ2n) is 5.85. The third kappa shape index (κ3) is 4.54. The molecule has 0 amide bonds. The van der Waals surface area contributed by atoms with Crippen molar-refractivity contribution in [2.45, 2.75) is 46.2 Å². The second-order valence-corrected chi connectivity index (χ2v) is 6.79. The van der Waals surface area contributed by atoms with Gasteiger partial charge in [-0.2, -0.15) is 0 Å². The first-order chi connectivity index (χ1) is 9.32. The van der Waals surface area contributed by atoms with E-state index in [9.17, 15) is 4.79 Å². The summed E-state index contributed by atoms with van der Waals surface area (Å²) in [5, 5.41) is 6.30. The fourth-order valence-electron chi connectivity index (χ4n) is 1.72. The summed E-state index contributed by atoms with van der Waals surface area (Å²) in [5.41, 5.74) is 1.63. The summed E-state index contributed by atoms with van der Waals surface area (Å²) in [5.74, 6) is 0.664. The van der Waals surface area contributed by atoms with Gasteiger partial charge in [0, 0.05) is 29.2 Å². The highest BCUT2D eigenvalue weighted by molar-refractivity contribution is 7.09. The lowest BCUT2D eigenvalue weighted by Crippen LogP contribution is -2.35. The van der Waals surface area contributed by atoms with Gasteiger partial charge in [0.2, 0.25) is 0 Å². The highest BCUT2D eigenvalue weighted by atomic mass is 32.1. The summed E-state index contributed by atoms with van der Waals surface area (Å²) in [6.07, 6.45) is 0.567. The van der Waals surface area contributed by atoms with Crippen LogP contribution < -0.4 is 10.9 Å². The van der Waals surface area contributed by atoms with E-state index in [0.717, 1.165) is 16.4 Å². The molecular weight excluding hydrogens is 272 g/mol. The molecule has 0 spiro atoms. The van der Waals surface area contributed by atoms with Gasteiger partial charge in [0.1, 0.15) is 10.8 Å². The Labute approximate surface area is 122 Å². The van der Waals surface area contributed by atoms with Gasteiger partial charge in [0.15, 0.2) is 0 Å². The molecule has 0 bridgehead atoms. The molecule has 0 fully saturated rings. The van der Waals surface area contributed by atoms with Crippen molar-refractivity contribution in [2.75, 3.05) is 0 Å². The van der Waals surface area contributed by atoms with Crippen molar-refractivity contribution in [3.63, 3.8) is 0 Å². The summed E-state index contributed by atoms with van der Waals surface area (Å²) in [7, 11) is 0. The minimum absolute atomic E-state index is 0.00311. The molecule has 2 aromatic heterocycles. The highest BCUT2D eigenvalue weighted by Crippen LogP contribution is 2.11. The fourth-order valence-corrected chi connectivity index (χ4v) is 2.50. The van der Waals surface area contributed by atoms with Gasteiger partial charge in [-0.15, -0.1) is 11.3 Å².